The maximum Gasteiger partial charge on any atom is 0.123 e. The van der Waals surface area contributed by atoms with Crippen molar-refractivity contribution >= 4 is 11.8 Å². The van der Waals surface area contributed by atoms with E-state index in [4.69, 9.17) is 10.5 Å². The molecule has 0 saturated heterocycles. The highest BCUT2D eigenvalue weighted by Gasteiger charge is 2.05. The molecule has 1 aromatic heterocycles. The maximum absolute atomic E-state index is 5.68. The lowest BCUT2D eigenvalue weighted by Crippen LogP contribution is -2.00. The quantitative estimate of drug-likeness (QED) is 0.856. The second-order valence-electron chi connectivity index (χ2n) is 4.76. The number of hydrogen-bond acceptors (Lipinski definition) is 4. The predicted octanol–water partition coefficient (Wildman–Crippen LogP) is 3.46. The maximum atomic E-state index is 5.68. The summed E-state index contributed by atoms with van der Waals surface area (Å²) in [6.45, 7) is 4.61. The summed E-state index contributed by atoms with van der Waals surface area (Å²) in [5.74, 6) is 1.73. The van der Waals surface area contributed by atoms with Crippen LogP contribution in [0.2, 0.25) is 0 Å². The largest absolute Gasteiger partial charge is 0.496 e. The van der Waals surface area contributed by atoms with Gasteiger partial charge in [-0.2, -0.15) is 0 Å². The molecule has 106 valence electrons. The zero-order valence-corrected chi connectivity index (χ0v) is 13.0. The Morgan fingerprint density at radius 3 is 2.65 bits per heavy atom. The Kier molecular flexibility index (Phi) is 5.04. The first-order valence-electron chi connectivity index (χ1n) is 6.56. The molecule has 0 unspecified atom stereocenters. The summed E-state index contributed by atoms with van der Waals surface area (Å²) < 4.78 is 5.36. The molecule has 0 aliphatic carbocycles. The fourth-order valence-corrected chi connectivity index (χ4v) is 3.05. The minimum absolute atomic E-state index is 0.495. The number of ether oxygens (including phenoxy) is 1. The van der Waals surface area contributed by atoms with E-state index >= 15 is 0 Å². The van der Waals surface area contributed by atoms with Crippen molar-refractivity contribution in [1.29, 1.82) is 0 Å². The van der Waals surface area contributed by atoms with Crippen molar-refractivity contribution < 1.29 is 4.74 Å². The second-order valence-corrected chi connectivity index (χ2v) is 5.76. The van der Waals surface area contributed by atoms with Crippen LogP contribution in [0.1, 0.15) is 22.4 Å². The summed E-state index contributed by atoms with van der Waals surface area (Å²) >= 11 is 1.74. The van der Waals surface area contributed by atoms with E-state index in [9.17, 15) is 0 Å². The number of thioether (sulfide) groups is 1. The van der Waals surface area contributed by atoms with Crippen LogP contribution < -0.4 is 10.5 Å². The highest BCUT2D eigenvalue weighted by atomic mass is 32.2. The van der Waals surface area contributed by atoms with Crippen LogP contribution in [-0.2, 0) is 12.3 Å². The summed E-state index contributed by atoms with van der Waals surface area (Å²) in [5, 5.41) is 1.06. The number of aryl methyl sites for hydroxylation is 2. The fraction of sp³-hybridized carbons (Fsp3) is 0.312. The van der Waals surface area contributed by atoms with E-state index in [1.807, 2.05) is 13.0 Å². The standard InChI is InChI=1S/C16H20N2OS/c1-11-6-12(2)18-16(7-11)20-10-13-4-5-14(9-17)15(8-13)19-3/h4-8H,9-10,17H2,1-3H3. The zero-order chi connectivity index (χ0) is 14.5. The Morgan fingerprint density at radius 2 is 2.00 bits per heavy atom. The molecule has 0 atom stereocenters. The molecular weight excluding hydrogens is 268 g/mol. The Balaban J connectivity index is 2.10. The van der Waals surface area contributed by atoms with Crippen LogP contribution in [-0.4, -0.2) is 12.1 Å². The monoisotopic (exact) mass is 288 g/mol. The second kappa shape index (κ2) is 6.77. The molecule has 0 saturated carbocycles. The van der Waals surface area contributed by atoms with E-state index in [0.29, 0.717) is 6.54 Å². The molecule has 0 spiro atoms. The third-order valence-electron chi connectivity index (χ3n) is 3.03. The zero-order valence-electron chi connectivity index (χ0n) is 12.1. The summed E-state index contributed by atoms with van der Waals surface area (Å²) in [7, 11) is 1.68. The third-order valence-corrected chi connectivity index (χ3v) is 4.01. The van der Waals surface area contributed by atoms with Gasteiger partial charge in [0.15, 0.2) is 0 Å². The Labute approximate surface area is 124 Å². The van der Waals surface area contributed by atoms with E-state index in [1.54, 1.807) is 18.9 Å². The van der Waals surface area contributed by atoms with Gasteiger partial charge in [-0.1, -0.05) is 12.1 Å². The van der Waals surface area contributed by atoms with Crippen molar-refractivity contribution in [2.24, 2.45) is 5.73 Å². The van der Waals surface area contributed by atoms with Crippen molar-refractivity contribution in [3.8, 4) is 5.75 Å². The van der Waals surface area contributed by atoms with Gasteiger partial charge in [0.2, 0.25) is 0 Å². The molecule has 0 fully saturated rings. The van der Waals surface area contributed by atoms with Gasteiger partial charge in [-0.25, -0.2) is 4.98 Å². The number of aromatic nitrogens is 1. The van der Waals surface area contributed by atoms with Gasteiger partial charge in [0.1, 0.15) is 5.75 Å². The number of hydrogen-bond donors (Lipinski definition) is 1. The highest BCUT2D eigenvalue weighted by Crippen LogP contribution is 2.26. The van der Waals surface area contributed by atoms with Crippen molar-refractivity contribution in [1.82, 2.24) is 4.98 Å². The molecule has 0 amide bonds. The number of nitrogens with zero attached hydrogens (tertiary/aromatic N) is 1. The molecule has 1 aromatic carbocycles. The molecule has 1 heterocycles. The number of methoxy groups -OCH3 is 1. The van der Waals surface area contributed by atoms with E-state index in [-0.39, 0.29) is 0 Å². The van der Waals surface area contributed by atoms with Gasteiger partial charge in [0.25, 0.3) is 0 Å². The topological polar surface area (TPSA) is 48.1 Å². The number of nitrogens with two attached hydrogens (primary N) is 1. The molecule has 4 heteroatoms. The minimum Gasteiger partial charge on any atom is -0.496 e. The van der Waals surface area contributed by atoms with E-state index in [0.717, 1.165) is 27.8 Å². The SMILES string of the molecule is COc1cc(CSc2cc(C)cc(C)n2)ccc1CN. The van der Waals surface area contributed by atoms with Crippen LogP contribution in [0.3, 0.4) is 0 Å². The number of benzene rings is 1. The summed E-state index contributed by atoms with van der Waals surface area (Å²) in [5.41, 5.74) is 10.2. The van der Waals surface area contributed by atoms with Crippen molar-refractivity contribution in [3.63, 3.8) is 0 Å². The molecule has 0 aliphatic rings. The van der Waals surface area contributed by atoms with Gasteiger partial charge in [0, 0.05) is 23.6 Å². The highest BCUT2D eigenvalue weighted by molar-refractivity contribution is 7.98. The average molecular weight is 288 g/mol. The van der Waals surface area contributed by atoms with Gasteiger partial charge >= 0.3 is 0 Å². The molecule has 3 nitrogen and oxygen atoms in total. The molecule has 2 rings (SSSR count). The van der Waals surface area contributed by atoms with Crippen molar-refractivity contribution in [2.75, 3.05) is 7.11 Å². The first-order valence-corrected chi connectivity index (χ1v) is 7.55. The first-order chi connectivity index (χ1) is 9.62. The fourth-order valence-electron chi connectivity index (χ4n) is 2.08. The van der Waals surface area contributed by atoms with Gasteiger partial charge in [0.05, 0.1) is 12.1 Å². The van der Waals surface area contributed by atoms with Crippen LogP contribution in [0.5, 0.6) is 5.75 Å². The Morgan fingerprint density at radius 1 is 1.20 bits per heavy atom. The predicted molar refractivity (Wildman–Crippen MR) is 84.2 cm³/mol. The van der Waals surface area contributed by atoms with E-state index in [1.165, 1.54) is 11.1 Å². The van der Waals surface area contributed by atoms with Gasteiger partial charge in [-0.15, -0.1) is 11.8 Å². The van der Waals surface area contributed by atoms with Crippen molar-refractivity contribution in [2.45, 2.75) is 31.2 Å². The summed E-state index contributed by atoms with van der Waals surface area (Å²) in [6, 6.07) is 10.4. The summed E-state index contributed by atoms with van der Waals surface area (Å²) in [4.78, 5) is 4.54. The molecule has 2 N–H and O–H groups in total. The van der Waals surface area contributed by atoms with E-state index < -0.39 is 0 Å². The van der Waals surface area contributed by atoms with Crippen molar-refractivity contribution in [3.05, 3.63) is 52.7 Å². The molecule has 0 aliphatic heterocycles. The van der Waals surface area contributed by atoms with Gasteiger partial charge in [-0.05, 0) is 43.2 Å². The van der Waals surface area contributed by atoms with E-state index in [2.05, 4.69) is 36.2 Å². The number of rotatable bonds is 5. The molecule has 0 bridgehead atoms. The Hall–Kier alpha value is -1.52. The van der Waals surface area contributed by atoms with Crippen LogP contribution in [0.25, 0.3) is 0 Å². The van der Waals surface area contributed by atoms with Crippen LogP contribution in [0, 0.1) is 13.8 Å². The molecule has 20 heavy (non-hydrogen) atoms. The number of pyridine rings is 1. The average Bonchev–Trinajstić information content (AvgIpc) is 2.43. The van der Waals surface area contributed by atoms with Crippen LogP contribution in [0.15, 0.2) is 35.4 Å². The molecular formula is C16H20N2OS. The molecule has 2 aromatic rings. The lowest BCUT2D eigenvalue weighted by molar-refractivity contribution is 0.409. The van der Waals surface area contributed by atoms with Gasteiger partial charge in [-0.3, -0.25) is 0 Å². The van der Waals surface area contributed by atoms with Crippen LogP contribution in [0.4, 0.5) is 0 Å². The van der Waals surface area contributed by atoms with Gasteiger partial charge < -0.3 is 10.5 Å². The molecule has 0 radical (unpaired) electrons. The Bertz CT molecular complexity index is 579. The normalized spacial score (nSPS) is 10.6. The van der Waals surface area contributed by atoms with Crippen LogP contribution >= 0.6 is 11.8 Å². The lowest BCUT2D eigenvalue weighted by atomic mass is 10.1. The first kappa shape index (κ1) is 14.9. The smallest absolute Gasteiger partial charge is 0.123 e. The summed E-state index contributed by atoms with van der Waals surface area (Å²) in [6.07, 6.45) is 0. The minimum atomic E-state index is 0.495. The lowest BCUT2D eigenvalue weighted by Gasteiger charge is -2.09. The third kappa shape index (κ3) is 3.74.